The van der Waals surface area contributed by atoms with Gasteiger partial charge in [0, 0.05) is 13.1 Å². The Kier molecular flexibility index (Phi) is 11.3. The second-order valence-electron chi connectivity index (χ2n) is 8.33. The Balaban J connectivity index is 3.35. The molecule has 6 nitrogen and oxygen atoms in total. The second-order valence-corrected chi connectivity index (χ2v) is 8.33. The molecule has 0 aromatic carbocycles. The average molecular weight is 359 g/mol. The van der Waals surface area contributed by atoms with Crippen LogP contribution in [-0.4, -0.2) is 36.5 Å². The molecule has 0 spiro atoms. The number of nitrogens with one attached hydrogen (secondary N) is 2. The third-order valence-corrected chi connectivity index (χ3v) is 3.19. The van der Waals surface area contributed by atoms with E-state index in [2.05, 4.69) is 10.6 Å². The smallest absolute Gasteiger partial charge is 0.407 e. The van der Waals surface area contributed by atoms with Gasteiger partial charge in [-0.2, -0.15) is 0 Å². The van der Waals surface area contributed by atoms with Crippen LogP contribution in [0.25, 0.3) is 0 Å². The first-order valence-corrected chi connectivity index (χ1v) is 9.43. The molecule has 0 heterocycles. The highest BCUT2D eigenvalue weighted by Crippen LogP contribution is 2.09. The minimum Gasteiger partial charge on any atom is -0.444 e. The summed E-state index contributed by atoms with van der Waals surface area (Å²) < 4.78 is 10.3. The summed E-state index contributed by atoms with van der Waals surface area (Å²) in [7, 11) is 0. The molecule has 6 heteroatoms. The molecule has 0 aromatic rings. The summed E-state index contributed by atoms with van der Waals surface area (Å²) >= 11 is 0. The topological polar surface area (TPSA) is 76.7 Å². The van der Waals surface area contributed by atoms with Gasteiger partial charge in [-0.05, 0) is 54.4 Å². The van der Waals surface area contributed by atoms with Crippen molar-refractivity contribution in [3.63, 3.8) is 0 Å². The average Bonchev–Trinajstić information content (AvgIpc) is 2.40. The Morgan fingerprint density at radius 3 is 1.16 bits per heavy atom. The number of alkyl carbamates (subject to hydrolysis) is 2. The summed E-state index contributed by atoms with van der Waals surface area (Å²) in [4.78, 5) is 22.9. The minimum atomic E-state index is -0.442. The van der Waals surface area contributed by atoms with Crippen LogP contribution in [0.4, 0.5) is 9.59 Å². The number of hydrogen-bond acceptors (Lipinski definition) is 4. The Morgan fingerprint density at radius 1 is 0.600 bits per heavy atom. The van der Waals surface area contributed by atoms with Crippen LogP contribution in [0.3, 0.4) is 0 Å². The van der Waals surface area contributed by atoms with Crippen LogP contribution < -0.4 is 10.6 Å². The summed E-state index contributed by atoms with van der Waals surface area (Å²) in [5.74, 6) is 0. The van der Waals surface area contributed by atoms with Gasteiger partial charge >= 0.3 is 12.2 Å². The molecule has 0 aliphatic carbocycles. The van der Waals surface area contributed by atoms with Crippen molar-refractivity contribution in [3.05, 3.63) is 0 Å². The van der Waals surface area contributed by atoms with E-state index < -0.39 is 11.2 Å². The zero-order valence-corrected chi connectivity index (χ0v) is 17.0. The van der Waals surface area contributed by atoms with E-state index in [9.17, 15) is 9.59 Å². The standard InChI is InChI=1S/C19H38N2O4/c1-18(2,3)24-16(22)20-14-12-10-8-7-9-11-13-15-21-17(23)25-19(4,5)6/h7-15H2,1-6H3,(H,20,22)(H,21,23). The second kappa shape index (κ2) is 12.0. The highest BCUT2D eigenvalue weighted by Gasteiger charge is 2.16. The molecule has 0 aliphatic heterocycles. The van der Waals surface area contributed by atoms with E-state index in [1.165, 1.54) is 6.42 Å². The molecule has 25 heavy (non-hydrogen) atoms. The number of unbranched alkanes of at least 4 members (excludes halogenated alkanes) is 6. The molecule has 148 valence electrons. The van der Waals surface area contributed by atoms with Gasteiger partial charge in [0.25, 0.3) is 0 Å². The molecule has 0 atom stereocenters. The molecule has 0 aliphatic rings. The number of hydrogen-bond donors (Lipinski definition) is 2. The monoisotopic (exact) mass is 358 g/mol. The zero-order chi connectivity index (χ0) is 19.3. The van der Waals surface area contributed by atoms with Crippen molar-refractivity contribution in [2.75, 3.05) is 13.1 Å². The fourth-order valence-electron chi connectivity index (χ4n) is 2.14. The van der Waals surface area contributed by atoms with Crippen LogP contribution in [0.2, 0.25) is 0 Å². The van der Waals surface area contributed by atoms with E-state index in [0.29, 0.717) is 13.1 Å². The van der Waals surface area contributed by atoms with Gasteiger partial charge in [-0.3, -0.25) is 0 Å². The van der Waals surface area contributed by atoms with E-state index in [-0.39, 0.29) is 12.2 Å². The normalized spacial score (nSPS) is 11.8. The van der Waals surface area contributed by atoms with Crippen molar-refractivity contribution in [1.29, 1.82) is 0 Å². The predicted octanol–water partition coefficient (Wildman–Crippen LogP) is 4.77. The summed E-state index contributed by atoms with van der Waals surface area (Å²) in [6.07, 6.45) is 6.97. The van der Waals surface area contributed by atoms with Gasteiger partial charge in [0.1, 0.15) is 11.2 Å². The lowest BCUT2D eigenvalue weighted by Crippen LogP contribution is -2.33. The molecule has 0 radical (unpaired) electrons. The van der Waals surface area contributed by atoms with Crippen molar-refractivity contribution in [2.24, 2.45) is 0 Å². The van der Waals surface area contributed by atoms with Crippen molar-refractivity contribution in [3.8, 4) is 0 Å². The fraction of sp³-hybridized carbons (Fsp3) is 0.895. The van der Waals surface area contributed by atoms with Crippen molar-refractivity contribution < 1.29 is 19.1 Å². The van der Waals surface area contributed by atoms with Gasteiger partial charge in [0.15, 0.2) is 0 Å². The van der Waals surface area contributed by atoms with Crippen LogP contribution in [-0.2, 0) is 9.47 Å². The Morgan fingerprint density at radius 2 is 0.880 bits per heavy atom. The summed E-state index contributed by atoms with van der Waals surface area (Å²) in [6, 6.07) is 0. The van der Waals surface area contributed by atoms with Crippen molar-refractivity contribution >= 4 is 12.2 Å². The van der Waals surface area contributed by atoms with Gasteiger partial charge in [-0.15, -0.1) is 0 Å². The first kappa shape index (κ1) is 23.5. The number of amides is 2. The van der Waals surface area contributed by atoms with Gasteiger partial charge in [0.05, 0.1) is 0 Å². The van der Waals surface area contributed by atoms with E-state index >= 15 is 0 Å². The molecular formula is C19H38N2O4. The SMILES string of the molecule is CC(C)(C)OC(=O)NCCCCCCCCCNC(=O)OC(C)(C)C. The summed E-state index contributed by atoms with van der Waals surface area (Å²) in [6.45, 7) is 12.5. The number of rotatable bonds is 10. The molecular weight excluding hydrogens is 320 g/mol. The summed E-state index contributed by atoms with van der Waals surface area (Å²) in [5, 5.41) is 5.54. The highest BCUT2D eigenvalue weighted by atomic mass is 16.6. The lowest BCUT2D eigenvalue weighted by atomic mass is 10.1. The predicted molar refractivity (Wildman–Crippen MR) is 101 cm³/mol. The largest absolute Gasteiger partial charge is 0.444 e. The van der Waals surface area contributed by atoms with Crippen LogP contribution in [0.15, 0.2) is 0 Å². The molecule has 0 saturated heterocycles. The Hall–Kier alpha value is -1.46. The fourth-order valence-corrected chi connectivity index (χ4v) is 2.14. The Labute approximate surface area is 153 Å². The first-order chi connectivity index (χ1) is 11.5. The lowest BCUT2D eigenvalue weighted by molar-refractivity contribution is 0.0515. The molecule has 0 rings (SSSR count). The Bertz CT molecular complexity index is 348. The number of carbonyl (C=O) groups is 2. The highest BCUT2D eigenvalue weighted by molar-refractivity contribution is 5.67. The third-order valence-electron chi connectivity index (χ3n) is 3.19. The zero-order valence-electron chi connectivity index (χ0n) is 17.0. The minimum absolute atomic E-state index is 0.343. The van der Waals surface area contributed by atoms with Gasteiger partial charge in [-0.25, -0.2) is 9.59 Å². The maximum Gasteiger partial charge on any atom is 0.407 e. The first-order valence-electron chi connectivity index (χ1n) is 9.43. The molecule has 0 unspecified atom stereocenters. The number of carbonyl (C=O) groups excluding carboxylic acids is 2. The van der Waals surface area contributed by atoms with E-state index in [1.54, 1.807) is 0 Å². The van der Waals surface area contributed by atoms with E-state index in [1.807, 2.05) is 41.5 Å². The van der Waals surface area contributed by atoms with Crippen molar-refractivity contribution in [1.82, 2.24) is 10.6 Å². The molecule has 0 aromatic heterocycles. The van der Waals surface area contributed by atoms with E-state index in [0.717, 1.165) is 38.5 Å². The maximum atomic E-state index is 11.4. The molecule has 0 saturated carbocycles. The molecule has 0 fully saturated rings. The lowest BCUT2D eigenvalue weighted by Gasteiger charge is -2.19. The van der Waals surface area contributed by atoms with Crippen LogP contribution in [0.1, 0.15) is 86.5 Å². The molecule has 2 amide bonds. The number of ether oxygens (including phenoxy) is 2. The van der Waals surface area contributed by atoms with Gasteiger partial charge < -0.3 is 20.1 Å². The van der Waals surface area contributed by atoms with Gasteiger partial charge in [-0.1, -0.05) is 32.1 Å². The van der Waals surface area contributed by atoms with Crippen molar-refractivity contribution in [2.45, 2.75) is 97.7 Å². The van der Waals surface area contributed by atoms with Crippen LogP contribution >= 0.6 is 0 Å². The maximum absolute atomic E-state index is 11.4. The third kappa shape index (κ3) is 18.7. The summed E-state index contributed by atoms with van der Waals surface area (Å²) in [5.41, 5.74) is -0.884. The molecule has 0 bridgehead atoms. The van der Waals surface area contributed by atoms with Gasteiger partial charge in [0.2, 0.25) is 0 Å². The molecule has 2 N–H and O–H groups in total. The van der Waals surface area contributed by atoms with Crippen LogP contribution in [0.5, 0.6) is 0 Å². The van der Waals surface area contributed by atoms with E-state index in [4.69, 9.17) is 9.47 Å². The van der Waals surface area contributed by atoms with Crippen LogP contribution in [0, 0.1) is 0 Å². The quantitative estimate of drug-likeness (QED) is 0.552.